The molecule has 2 N–H and O–H groups in total. The summed E-state index contributed by atoms with van der Waals surface area (Å²) in [7, 11) is 0. The van der Waals surface area contributed by atoms with E-state index in [1.807, 2.05) is 0 Å². The molecular formula is C17H35Cl2N3O. The zero-order valence-electron chi connectivity index (χ0n) is 14.9. The van der Waals surface area contributed by atoms with Crippen LogP contribution in [0, 0.1) is 5.92 Å². The first kappa shape index (κ1) is 23.0. The molecule has 23 heavy (non-hydrogen) atoms. The van der Waals surface area contributed by atoms with Crippen LogP contribution in [0.25, 0.3) is 0 Å². The molecule has 138 valence electrons. The summed E-state index contributed by atoms with van der Waals surface area (Å²) >= 11 is 0. The van der Waals surface area contributed by atoms with Crippen LogP contribution in [0.3, 0.4) is 0 Å². The number of nitrogens with one attached hydrogen (secondary N) is 2. The van der Waals surface area contributed by atoms with Gasteiger partial charge < -0.3 is 10.6 Å². The Balaban J connectivity index is 0.00000242. The van der Waals surface area contributed by atoms with Crippen molar-refractivity contribution in [2.45, 2.75) is 70.9 Å². The largest absolute Gasteiger partial charge is 0.354 e. The Kier molecular flexibility index (Phi) is 10.7. The monoisotopic (exact) mass is 367 g/mol. The zero-order chi connectivity index (χ0) is 15.3. The molecule has 0 saturated carbocycles. The molecule has 2 fully saturated rings. The van der Waals surface area contributed by atoms with E-state index in [0.717, 1.165) is 25.4 Å². The van der Waals surface area contributed by atoms with E-state index in [9.17, 15) is 4.79 Å². The topological polar surface area (TPSA) is 44.4 Å². The number of likely N-dealkylation sites (tertiary alicyclic amines) is 1. The molecule has 2 saturated heterocycles. The Labute approximate surface area is 154 Å². The molecule has 2 heterocycles. The molecule has 0 radical (unpaired) electrons. The van der Waals surface area contributed by atoms with Gasteiger partial charge in [0.1, 0.15) is 0 Å². The van der Waals surface area contributed by atoms with Gasteiger partial charge in [0, 0.05) is 31.1 Å². The summed E-state index contributed by atoms with van der Waals surface area (Å²) in [5, 5.41) is 6.55. The quantitative estimate of drug-likeness (QED) is 0.758. The van der Waals surface area contributed by atoms with Crippen LogP contribution >= 0.6 is 24.8 Å². The van der Waals surface area contributed by atoms with E-state index >= 15 is 0 Å². The van der Waals surface area contributed by atoms with Crippen molar-refractivity contribution in [1.29, 1.82) is 0 Å². The summed E-state index contributed by atoms with van der Waals surface area (Å²) in [4.78, 5) is 14.6. The summed E-state index contributed by atoms with van der Waals surface area (Å²) in [6, 6.07) is 0.396. The fraction of sp³-hybridized carbons (Fsp3) is 0.941. The van der Waals surface area contributed by atoms with Gasteiger partial charge in [-0.05, 0) is 58.5 Å². The second-order valence-electron chi connectivity index (χ2n) is 7.45. The maximum Gasteiger partial charge on any atom is 0.221 e. The van der Waals surface area contributed by atoms with Gasteiger partial charge in [-0.1, -0.05) is 13.3 Å². The maximum absolute atomic E-state index is 12.1. The molecule has 0 aromatic rings. The van der Waals surface area contributed by atoms with Crippen molar-refractivity contribution < 1.29 is 4.79 Å². The molecule has 2 rings (SSSR count). The summed E-state index contributed by atoms with van der Waals surface area (Å²) in [5.41, 5.74) is 0.0621. The number of halogens is 2. The van der Waals surface area contributed by atoms with Crippen LogP contribution in [0.2, 0.25) is 0 Å². The fourth-order valence-corrected chi connectivity index (χ4v) is 3.60. The average molecular weight is 368 g/mol. The van der Waals surface area contributed by atoms with Crippen molar-refractivity contribution in [3.8, 4) is 0 Å². The first-order valence-corrected chi connectivity index (χ1v) is 8.76. The van der Waals surface area contributed by atoms with E-state index in [4.69, 9.17) is 0 Å². The van der Waals surface area contributed by atoms with E-state index in [0.29, 0.717) is 12.5 Å². The lowest BCUT2D eigenvalue weighted by Gasteiger charge is -2.43. The number of carbonyl (C=O) groups excluding carboxylic acids is 1. The van der Waals surface area contributed by atoms with Crippen molar-refractivity contribution in [3.63, 3.8) is 0 Å². The van der Waals surface area contributed by atoms with Crippen LogP contribution in [0.5, 0.6) is 0 Å². The molecule has 1 amide bonds. The normalized spacial score (nSPS) is 25.3. The highest BCUT2D eigenvalue weighted by atomic mass is 35.5. The van der Waals surface area contributed by atoms with Crippen molar-refractivity contribution in [2.75, 3.05) is 26.2 Å². The third kappa shape index (κ3) is 7.16. The highest BCUT2D eigenvalue weighted by molar-refractivity contribution is 5.85. The van der Waals surface area contributed by atoms with Gasteiger partial charge in [0.2, 0.25) is 5.91 Å². The van der Waals surface area contributed by atoms with Crippen LogP contribution in [0.4, 0.5) is 0 Å². The molecule has 0 bridgehead atoms. The second-order valence-corrected chi connectivity index (χ2v) is 7.45. The van der Waals surface area contributed by atoms with Crippen molar-refractivity contribution >= 4 is 30.7 Å². The third-order valence-electron chi connectivity index (χ3n) is 5.26. The molecule has 0 aromatic carbocycles. The minimum atomic E-state index is 0. The molecule has 0 spiro atoms. The summed E-state index contributed by atoms with van der Waals surface area (Å²) in [5.74, 6) is 1.03. The SMILES string of the molecule is CCC1CCCN(C(C)(C)CNC(=O)CC2CCCN2)C1.Cl.Cl. The molecular weight excluding hydrogens is 333 g/mol. The molecule has 0 aliphatic carbocycles. The molecule has 2 aliphatic rings. The maximum atomic E-state index is 12.1. The van der Waals surface area contributed by atoms with Gasteiger partial charge in [0.25, 0.3) is 0 Å². The van der Waals surface area contributed by atoms with E-state index in [2.05, 4.69) is 36.3 Å². The van der Waals surface area contributed by atoms with Crippen LogP contribution in [-0.4, -0.2) is 48.6 Å². The second kappa shape index (κ2) is 10.8. The Morgan fingerprint density at radius 1 is 1.26 bits per heavy atom. The van der Waals surface area contributed by atoms with Crippen molar-refractivity contribution in [3.05, 3.63) is 0 Å². The first-order chi connectivity index (χ1) is 10.0. The van der Waals surface area contributed by atoms with Crippen LogP contribution < -0.4 is 10.6 Å². The lowest BCUT2D eigenvalue weighted by molar-refractivity contribution is -0.122. The Hall–Kier alpha value is -0.0300. The molecule has 0 aromatic heterocycles. The minimum absolute atomic E-state index is 0. The molecule has 2 aliphatic heterocycles. The number of rotatable bonds is 6. The third-order valence-corrected chi connectivity index (χ3v) is 5.26. The summed E-state index contributed by atoms with van der Waals surface area (Å²) < 4.78 is 0. The van der Waals surface area contributed by atoms with Gasteiger partial charge in [0.05, 0.1) is 0 Å². The van der Waals surface area contributed by atoms with Crippen LogP contribution in [0.1, 0.15) is 59.3 Å². The van der Waals surface area contributed by atoms with Gasteiger partial charge in [-0.3, -0.25) is 9.69 Å². The van der Waals surface area contributed by atoms with Crippen molar-refractivity contribution in [1.82, 2.24) is 15.5 Å². The minimum Gasteiger partial charge on any atom is -0.354 e. The van der Waals surface area contributed by atoms with Gasteiger partial charge in [-0.2, -0.15) is 0 Å². The predicted octanol–water partition coefficient (Wildman–Crippen LogP) is 2.99. The number of amides is 1. The van der Waals surface area contributed by atoms with E-state index in [-0.39, 0.29) is 36.3 Å². The smallest absolute Gasteiger partial charge is 0.221 e. The number of piperidine rings is 1. The Morgan fingerprint density at radius 2 is 2.00 bits per heavy atom. The first-order valence-electron chi connectivity index (χ1n) is 8.76. The highest BCUT2D eigenvalue weighted by Crippen LogP contribution is 2.25. The molecule has 2 atom stereocenters. The highest BCUT2D eigenvalue weighted by Gasteiger charge is 2.31. The van der Waals surface area contributed by atoms with Crippen LogP contribution in [0.15, 0.2) is 0 Å². The Bertz CT molecular complexity index is 347. The molecule has 4 nitrogen and oxygen atoms in total. The van der Waals surface area contributed by atoms with E-state index < -0.39 is 0 Å². The average Bonchev–Trinajstić information content (AvgIpc) is 2.98. The number of hydrogen-bond donors (Lipinski definition) is 2. The standard InChI is InChI=1S/C17H33N3O.2ClH/c1-4-14-7-6-10-20(12-14)17(2,3)13-19-16(21)11-15-8-5-9-18-15;;/h14-15,18H,4-13H2,1-3H3,(H,19,21);2*1H. The zero-order valence-corrected chi connectivity index (χ0v) is 16.5. The van der Waals surface area contributed by atoms with Crippen molar-refractivity contribution in [2.24, 2.45) is 5.92 Å². The lowest BCUT2D eigenvalue weighted by Crippen LogP contribution is -2.55. The fourth-order valence-electron chi connectivity index (χ4n) is 3.60. The summed E-state index contributed by atoms with van der Waals surface area (Å²) in [6.45, 7) is 11.0. The van der Waals surface area contributed by atoms with Crippen LogP contribution in [-0.2, 0) is 4.79 Å². The predicted molar refractivity (Wildman–Crippen MR) is 102 cm³/mol. The van der Waals surface area contributed by atoms with Gasteiger partial charge in [0.15, 0.2) is 0 Å². The van der Waals surface area contributed by atoms with Gasteiger partial charge in [-0.25, -0.2) is 0 Å². The molecule has 2 unspecified atom stereocenters. The Morgan fingerprint density at radius 3 is 2.61 bits per heavy atom. The number of hydrogen-bond acceptors (Lipinski definition) is 3. The lowest BCUT2D eigenvalue weighted by atomic mass is 9.91. The summed E-state index contributed by atoms with van der Waals surface area (Å²) in [6.07, 6.45) is 6.90. The van der Waals surface area contributed by atoms with Gasteiger partial charge in [-0.15, -0.1) is 24.8 Å². The van der Waals surface area contributed by atoms with E-state index in [1.54, 1.807) is 0 Å². The number of nitrogens with zero attached hydrogens (tertiary/aromatic N) is 1. The number of carbonyl (C=O) groups is 1. The molecule has 6 heteroatoms. The van der Waals surface area contributed by atoms with Gasteiger partial charge >= 0.3 is 0 Å². The van der Waals surface area contributed by atoms with E-state index in [1.165, 1.54) is 38.8 Å².